The van der Waals surface area contributed by atoms with E-state index in [2.05, 4.69) is 25.8 Å². The van der Waals surface area contributed by atoms with Crippen LogP contribution in [0.3, 0.4) is 0 Å². The summed E-state index contributed by atoms with van der Waals surface area (Å²) in [5, 5.41) is 10.2. The van der Waals surface area contributed by atoms with Gasteiger partial charge in [0.05, 0.1) is 13.8 Å². The third kappa shape index (κ3) is 2.64. The lowest BCUT2D eigenvalue weighted by Gasteiger charge is -2.33. The Balaban J connectivity index is 4.73. The summed E-state index contributed by atoms with van der Waals surface area (Å²) >= 11 is 0. The molecule has 1 unspecified atom stereocenters. The van der Waals surface area contributed by atoms with Crippen molar-refractivity contribution >= 4 is 13.8 Å². The first-order chi connectivity index (χ1) is 6.07. The minimum atomic E-state index is -1.48. The SMILES string of the molecule is CC[Si](CC)(CC)C(O)C(C)=NC. The van der Waals surface area contributed by atoms with Gasteiger partial charge in [-0.25, -0.2) is 0 Å². The monoisotopic (exact) mass is 201 g/mol. The van der Waals surface area contributed by atoms with Gasteiger partial charge in [0.15, 0.2) is 0 Å². The first kappa shape index (κ1) is 12.8. The van der Waals surface area contributed by atoms with Gasteiger partial charge in [-0.15, -0.1) is 0 Å². The second-order valence-electron chi connectivity index (χ2n) is 3.69. The van der Waals surface area contributed by atoms with Crippen molar-refractivity contribution in [3.8, 4) is 0 Å². The Morgan fingerprint density at radius 2 is 1.62 bits per heavy atom. The molecule has 0 saturated carbocycles. The average molecular weight is 201 g/mol. The smallest absolute Gasteiger partial charge is 0.0937 e. The first-order valence-electron chi connectivity index (χ1n) is 5.19. The van der Waals surface area contributed by atoms with Crippen molar-refractivity contribution in [1.82, 2.24) is 0 Å². The van der Waals surface area contributed by atoms with E-state index in [0.29, 0.717) is 0 Å². The van der Waals surface area contributed by atoms with E-state index in [9.17, 15) is 5.11 Å². The lowest BCUT2D eigenvalue weighted by molar-refractivity contribution is 0.303. The van der Waals surface area contributed by atoms with Gasteiger partial charge in [-0.3, -0.25) is 4.99 Å². The standard InChI is InChI=1S/C10H23NOSi/c1-6-13(7-2,8-3)10(12)9(4)11-5/h10,12H,6-8H2,1-5H3. The zero-order valence-electron chi connectivity index (χ0n) is 9.59. The Morgan fingerprint density at radius 1 is 1.23 bits per heavy atom. The molecule has 0 saturated heterocycles. The van der Waals surface area contributed by atoms with Crippen LogP contribution in [0.15, 0.2) is 4.99 Å². The molecule has 0 heterocycles. The van der Waals surface area contributed by atoms with Crippen molar-refractivity contribution in [1.29, 1.82) is 0 Å². The molecular weight excluding hydrogens is 178 g/mol. The molecule has 0 aliphatic heterocycles. The molecule has 13 heavy (non-hydrogen) atoms. The van der Waals surface area contributed by atoms with Crippen molar-refractivity contribution in [2.45, 2.75) is 51.6 Å². The second-order valence-corrected chi connectivity index (χ2v) is 9.08. The van der Waals surface area contributed by atoms with Crippen LogP contribution < -0.4 is 0 Å². The summed E-state index contributed by atoms with van der Waals surface area (Å²) in [6, 6.07) is 3.44. The zero-order valence-corrected chi connectivity index (χ0v) is 10.6. The maximum Gasteiger partial charge on any atom is 0.0937 e. The van der Waals surface area contributed by atoms with Crippen molar-refractivity contribution in [3.05, 3.63) is 0 Å². The Hall–Kier alpha value is -0.153. The fraction of sp³-hybridized carbons (Fsp3) is 0.900. The van der Waals surface area contributed by atoms with Gasteiger partial charge < -0.3 is 5.11 Å². The second kappa shape index (κ2) is 5.55. The van der Waals surface area contributed by atoms with Crippen molar-refractivity contribution in [2.75, 3.05) is 7.05 Å². The van der Waals surface area contributed by atoms with Crippen LogP contribution in [-0.4, -0.2) is 31.7 Å². The fourth-order valence-corrected chi connectivity index (χ4v) is 5.57. The number of hydrogen-bond donors (Lipinski definition) is 1. The molecule has 0 amide bonds. The van der Waals surface area contributed by atoms with Crippen molar-refractivity contribution < 1.29 is 5.11 Å². The number of aliphatic hydroxyl groups excluding tert-OH is 1. The van der Waals surface area contributed by atoms with E-state index in [-0.39, 0.29) is 5.73 Å². The normalized spacial score (nSPS) is 16.0. The number of aliphatic hydroxyl groups is 1. The van der Waals surface area contributed by atoms with E-state index >= 15 is 0 Å². The Labute approximate surface area is 83.1 Å². The van der Waals surface area contributed by atoms with E-state index < -0.39 is 8.07 Å². The highest BCUT2D eigenvalue weighted by Crippen LogP contribution is 2.24. The topological polar surface area (TPSA) is 32.6 Å². The molecule has 0 aliphatic rings. The molecule has 0 rings (SSSR count). The number of aliphatic imine (C=N–C) groups is 1. The molecule has 3 heteroatoms. The van der Waals surface area contributed by atoms with Crippen LogP contribution >= 0.6 is 0 Å². The molecule has 0 aromatic carbocycles. The van der Waals surface area contributed by atoms with Crippen LogP contribution in [0.1, 0.15) is 27.7 Å². The molecule has 0 bridgehead atoms. The first-order valence-corrected chi connectivity index (χ1v) is 7.89. The molecule has 1 N–H and O–H groups in total. The zero-order chi connectivity index (χ0) is 10.5. The maximum atomic E-state index is 10.2. The minimum absolute atomic E-state index is 0.238. The largest absolute Gasteiger partial charge is 0.391 e. The number of hydrogen-bond acceptors (Lipinski definition) is 2. The highest BCUT2D eigenvalue weighted by molar-refractivity contribution is 6.83. The molecule has 2 nitrogen and oxygen atoms in total. The van der Waals surface area contributed by atoms with Crippen LogP contribution in [0, 0.1) is 0 Å². The van der Waals surface area contributed by atoms with Gasteiger partial charge in [0, 0.05) is 12.8 Å². The molecule has 0 fully saturated rings. The van der Waals surface area contributed by atoms with E-state index in [0.717, 1.165) is 23.8 Å². The van der Waals surface area contributed by atoms with Crippen LogP contribution in [0.4, 0.5) is 0 Å². The van der Waals surface area contributed by atoms with Gasteiger partial charge >= 0.3 is 0 Å². The summed E-state index contributed by atoms with van der Waals surface area (Å²) in [4.78, 5) is 4.10. The third-order valence-electron chi connectivity index (χ3n) is 3.44. The van der Waals surface area contributed by atoms with Crippen LogP contribution in [-0.2, 0) is 0 Å². The van der Waals surface area contributed by atoms with Crippen LogP contribution in [0.2, 0.25) is 18.1 Å². The number of rotatable bonds is 5. The predicted octanol–water partition coefficient (Wildman–Crippen LogP) is 2.49. The fourth-order valence-electron chi connectivity index (χ4n) is 1.90. The molecule has 0 radical (unpaired) electrons. The summed E-state index contributed by atoms with van der Waals surface area (Å²) in [5.74, 6) is 0. The molecule has 0 aliphatic carbocycles. The van der Waals surface area contributed by atoms with E-state index in [1.54, 1.807) is 7.05 Å². The lowest BCUT2D eigenvalue weighted by Crippen LogP contribution is -2.49. The summed E-state index contributed by atoms with van der Waals surface area (Å²) in [5.41, 5.74) is 0.676. The number of nitrogens with zero attached hydrogens (tertiary/aromatic N) is 1. The summed E-state index contributed by atoms with van der Waals surface area (Å²) in [7, 11) is 0.283. The van der Waals surface area contributed by atoms with Gasteiger partial charge in [-0.1, -0.05) is 38.9 Å². The Bertz CT molecular complexity index is 167. The van der Waals surface area contributed by atoms with E-state index in [1.165, 1.54) is 0 Å². The Kier molecular flexibility index (Phi) is 5.49. The van der Waals surface area contributed by atoms with E-state index in [4.69, 9.17) is 0 Å². The van der Waals surface area contributed by atoms with E-state index in [1.807, 2.05) is 6.92 Å². The molecule has 1 atom stereocenters. The molecular formula is C10H23NOSi. The van der Waals surface area contributed by atoms with Gasteiger partial charge in [0.25, 0.3) is 0 Å². The molecule has 78 valence electrons. The lowest BCUT2D eigenvalue weighted by atomic mass is 10.4. The molecule has 0 aromatic rings. The Morgan fingerprint density at radius 3 is 1.85 bits per heavy atom. The third-order valence-corrected chi connectivity index (χ3v) is 9.24. The molecule has 0 spiro atoms. The maximum absolute atomic E-state index is 10.2. The van der Waals surface area contributed by atoms with Crippen LogP contribution in [0.5, 0.6) is 0 Å². The highest BCUT2D eigenvalue weighted by atomic mass is 28.3. The van der Waals surface area contributed by atoms with Gasteiger partial charge in [-0.2, -0.15) is 0 Å². The summed E-state index contributed by atoms with van der Waals surface area (Å²) in [6.45, 7) is 8.54. The quantitative estimate of drug-likeness (QED) is 0.538. The minimum Gasteiger partial charge on any atom is -0.391 e. The average Bonchev–Trinajstić information content (AvgIpc) is 2.20. The van der Waals surface area contributed by atoms with Gasteiger partial charge in [0.2, 0.25) is 0 Å². The summed E-state index contributed by atoms with van der Waals surface area (Å²) in [6.07, 6.45) is 0. The van der Waals surface area contributed by atoms with Crippen molar-refractivity contribution in [2.24, 2.45) is 4.99 Å². The highest BCUT2D eigenvalue weighted by Gasteiger charge is 2.36. The van der Waals surface area contributed by atoms with Crippen molar-refractivity contribution in [3.63, 3.8) is 0 Å². The molecule has 0 aromatic heterocycles. The predicted molar refractivity (Wildman–Crippen MR) is 62.2 cm³/mol. The van der Waals surface area contributed by atoms with Crippen LogP contribution in [0.25, 0.3) is 0 Å². The summed E-state index contributed by atoms with van der Waals surface area (Å²) < 4.78 is 0. The van der Waals surface area contributed by atoms with Gasteiger partial charge in [0.1, 0.15) is 0 Å². The van der Waals surface area contributed by atoms with Gasteiger partial charge in [-0.05, 0) is 6.92 Å².